The number of hydrogen-bond donors (Lipinski definition) is 1. The van der Waals surface area contributed by atoms with Crippen molar-refractivity contribution in [2.45, 2.75) is 11.9 Å². The van der Waals surface area contributed by atoms with Gasteiger partial charge in [0.2, 0.25) is 5.91 Å². The van der Waals surface area contributed by atoms with Crippen LogP contribution in [0.15, 0.2) is 37.9 Å². The molecule has 0 fully saturated rings. The number of thioether (sulfide) groups is 1. The summed E-state index contributed by atoms with van der Waals surface area (Å²) in [6.07, 6.45) is 0. The Morgan fingerprint density at radius 2 is 2.00 bits per heavy atom. The number of hydrogen-bond acceptors (Lipinski definition) is 6. The molecular formula is C15H15F2N5O3S. The molecule has 0 aliphatic carbocycles. The van der Waals surface area contributed by atoms with E-state index in [1.165, 1.54) is 27.1 Å². The number of halogens is 2. The maximum Gasteiger partial charge on any atom is 0.346 e. The molecule has 11 heteroatoms. The fourth-order valence-corrected chi connectivity index (χ4v) is 2.69. The molecule has 0 spiro atoms. The molecule has 0 saturated carbocycles. The van der Waals surface area contributed by atoms with Gasteiger partial charge in [0, 0.05) is 25.7 Å². The van der Waals surface area contributed by atoms with Crippen molar-refractivity contribution in [3.8, 4) is 0 Å². The van der Waals surface area contributed by atoms with Gasteiger partial charge in [-0.15, -0.1) is 0 Å². The standard InChI is InChI=1S/C15H15F2N5O3S/c1-8(10-5-4-9(16)6-11(10)17)18-19-12(23)7-26-13-14(24)21(2)15(25)22(3)20-13/h4-6H,7H2,1-3H3,(H,19,23)/b18-8-. The smallest absolute Gasteiger partial charge is 0.272 e. The summed E-state index contributed by atoms with van der Waals surface area (Å²) in [5.74, 6) is -2.27. The summed E-state index contributed by atoms with van der Waals surface area (Å²) in [5, 5.41) is 7.53. The van der Waals surface area contributed by atoms with Crippen molar-refractivity contribution in [2.24, 2.45) is 19.2 Å². The highest BCUT2D eigenvalue weighted by Crippen LogP contribution is 2.11. The second-order valence-electron chi connectivity index (χ2n) is 5.22. The van der Waals surface area contributed by atoms with E-state index in [1.54, 1.807) is 0 Å². The van der Waals surface area contributed by atoms with E-state index in [4.69, 9.17) is 0 Å². The van der Waals surface area contributed by atoms with Crippen LogP contribution in [-0.4, -0.2) is 31.7 Å². The van der Waals surface area contributed by atoms with Gasteiger partial charge < -0.3 is 0 Å². The van der Waals surface area contributed by atoms with Gasteiger partial charge in [0.15, 0.2) is 5.03 Å². The summed E-state index contributed by atoms with van der Waals surface area (Å²) in [6, 6.07) is 3.01. The Bertz CT molecular complexity index is 1000. The normalized spacial score (nSPS) is 11.5. The molecule has 1 amide bonds. The molecule has 1 heterocycles. The molecule has 0 radical (unpaired) electrons. The van der Waals surface area contributed by atoms with Crippen molar-refractivity contribution < 1.29 is 13.6 Å². The van der Waals surface area contributed by atoms with Crippen LogP contribution in [0.4, 0.5) is 8.78 Å². The van der Waals surface area contributed by atoms with Crippen LogP contribution in [0.25, 0.3) is 0 Å². The number of rotatable bonds is 5. The molecule has 0 aliphatic heterocycles. The maximum atomic E-state index is 13.6. The van der Waals surface area contributed by atoms with Gasteiger partial charge >= 0.3 is 5.69 Å². The molecule has 1 N–H and O–H groups in total. The molecule has 0 atom stereocenters. The van der Waals surface area contributed by atoms with Crippen LogP contribution in [0, 0.1) is 11.6 Å². The second-order valence-corrected chi connectivity index (χ2v) is 6.18. The third kappa shape index (κ3) is 4.42. The number of aryl methyl sites for hydroxylation is 1. The van der Waals surface area contributed by atoms with Crippen molar-refractivity contribution in [3.63, 3.8) is 0 Å². The predicted molar refractivity (Wildman–Crippen MR) is 92.2 cm³/mol. The first-order valence-corrected chi connectivity index (χ1v) is 8.25. The molecule has 1 aromatic carbocycles. The summed E-state index contributed by atoms with van der Waals surface area (Å²) in [7, 11) is 2.69. The van der Waals surface area contributed by atoms with Crippen molar-refractivity contribution in [1.29, 1.82) is 0 Å². The van der Waals surface area contributed by atoms with Crippen LogP contribution in [-0.2, 0) is 18.9 Å². The number of amides is 1. The van der Waals surface area contributed by atoms with Crippen molar-refractivity contribution in [1.82, 2.24) is 19.8 Å². The van der Waals surface area contributed by atoms with E-state index in [0.29, 0.717) is 6.07 Å². The first-order chi connectivity index (χ1) is 12.2. The van der Waals surface area contributed by atoms with Gasteiger partial charge in [-0.05, 0) is 19.1 Å². The third-order valence-corrected chi connectivity index (χ3v) is 4.24. The van der Waals surface area contributed by atoms with Gasteiger partial charge in [-0.3, -0.25) is 14.2 Å². The van der Waals surface area contributed by atoms with Crippen LogP contribution in [0.1, 0.15) is 12.5 Å². The highest BCUT2D eigenvalue weighted by molar-refractivity contribution is 7.99. The lowest BCUT2D eigenvalue weighted by Gasteiger charge is -2.05. The number of aromatic nitrogens is 3. The first kappa shape index (κ1) is 19.5. The number of nitrogens with zero attached hydrogens (tertiary/aromatic N) is 4. The molecule has 2 aromatic rings. The number of hydrazone groups is 1. The SMILES string of the molecule is C/C(=N/NC(=O)CSc1nn(C)c(=O)n(C)c1=O)c1ccc(F)cc1F. The van der Waals surface area contributed by atoms with Crippen molar-refractivity contribution in [2.75, 3.05) is 5.75 Å². The quantitative estimate of drug-likeness (QED) is 0.458. The third-order valence-electron chi connectivity index (χ3n) is 3.30. The lowest BCUT2D eigenvalue weighted by molar-refractivity contribution is -0.118. The molecule has 138 valence electrons. The van der Waals surface area contributed by atoms with E-state index in [-0.39, 0.29) is 22.1 Å². The van der Waals surface area contributed by atoms with Gasteiger partial charge in [0.25, 0.3) is 5.56 Å². The highest BCUT2D eigenvalue weighted by Gasteiger charge is 2.12. The largest absolute Gasteiger partial charge is 0.346 e. The minimum atomic E-state index is -0.798. The Kier molecular flexibility index (Phi) is 6.03. The van der Waals surface area contributed by atoms with Crippen LogP contribution in [0.5, 0.6) is 0 Å². The summed E-state index contributed by atoms with van der Waals surface area (Å²) in [4.78, 5) is 35.3. The van der Waals surface area contributed by atoms with E-state index < -0.39 is 28.8 Å². The van der Waals surface area contributed by atoms with Gasteiger partial charge in [0.05, 0.1) is 11.5 Å². The van der Waals surface area contributed by atoms with Crippen LogP contribution in [0.2, 0.25) is 0 Å². The summed E-state index contributed by atoms with van der Waals surface area (Å²) >= 11 is 0.836. The lowest BCUT2D eigenvalue weighted by Crippen LogP contribution is -2.39. The molecule has 26 heavy (non-hydrogen) atoms. The van der Waals surface area contributed by atoms with E-state index >= 15 is 0 Å². The summed E-state index contributed by atoms with van der Waals surface area (Å²) < 4.78 is 28.4. The van der Waals surface area contributed by atoms with Gasteiger partial charge in [-0.2, -0.15) is 10.2 Å². The fraction of sp³-hybridized carbons (Fsp3) is 0.267. The average Bonchev–Trinajstić information content (AvgIpc) is 2.59. The molecule has 8 nitrogen and oxygen atoms in total. The lowest BCUT2D eigenvalue weighted by atomic mass is 10.1. The van der Waals surface area contributed by atoms with E-state index in [0.717, 1.165) is 27.1 Å². The van der Waals surface area contributed by atoms with Crippen LogP contribution < -0.4 is 16.7 Å². The predicted octanol–water partition coefficient (Wildman–Crippen LogP) is 0.390. The van der Waals surface area contributed by atoms with Crippen molar-refractivity contribution >= 4 is 23.4 Å². The molecule has 0 bridgehead atoms. The number of nitrogens with one attached hydrogen (secondary N) is 1. The molecule has 0 aliphatic rings. The van der Waals surface area contributed by atoms with E-state index in [2.05, 4.69) is 15.6 Å². The van der Waals surface area contributed by atoms with Crippen LogP contribution in [0.3, 0.4) is 0 Å². The number of carbonyl (C=O) groups is 1. The average molecular weight is 383 g/mol. The molecular weight excluding hydrogens is 368 g/mol. The van der Waals surface area contributed by atoms with Crippen molar-refractivity contribution in [3.05, 3.63) is 56.2 Å². The fourth-order valence-electron chi connectivity index (χ4n) is 1.92. The summed E-state index contributed by atoms with van der Waals surface area (Å²) in [6.45, 7) is 1.45. The van der Waals surface area contributed by atoms with Gasteiger partial charge in [0.1, 0.15) is 11.6 Å². The summed E-state index contributed by atoms with van der Waals surface area (Å²) in [5.41, 5.74) is 1.22. The Morgan fingerprint density at radius 3 is 2.65 bits per heavy atom. The zero-order valence-electron chi connectivity index (χ0n) is 14.1. The monoisotopic (exact) mass is 383 g/mol. The van der Waals surface area contributed by atoms with Crippen LogP contribution >= 0.6 is 11.8 Å². The Hall–Kier alpha value is -2.82. The maximum absolute atomic E-state index is 13.6. The Morgan fingerprint density at radius 1 is 1.31 bits per heavy atom. The minimum Gasteiger partial charge on any atom is -0.272 e. The molecule has 2 rings (SSSR count). The highest BCUT2D eigenvalue weighted by atomic mass is 32.2. The first-order valence-electron chi connectivity index (χ1n) is 7.26. The minimum absolute atomic E-state index is 0.0185. The van der Waals surface area contributed by atoms with Gasteiger partial charge in [-0.1, -0.05) is 11.8 Å². The van der Waals surface area contributed by atoms with E-state index in [9.17, 15) is 23.2 Å². The molecule has 0 saturated heterocycles. The van der Waals surface area contributed by atoms with E-state index in [1.807, 2.05) is 0 Å². The second kappa shape index (κ2) is 8.04. The Balaban J connectivity index is 2.03. The van der Waals surface area contributed by atoms with Gasteiger partial charge in [-0.25, -0.2) is 23.7 Å². The molecule has 0 unspecified atom stereocenters. The number of carbonyl (C=O) groups excluding carboxylic acids is 1. The zero-order chi connectivity index (χ0) is 19.4. The zero-order valence-corrected chi connectivity index (χ0v) is 14.9. The number of benzene rings is 1. The molecule has 1 aromatic heterocycles. The Labute approximate surface area is 150 Å². The topological polar surface area (TPSA) is 98.3 Å².